The second kappa shape index (κ2) is 6.52. The van der Waals surface area contributed by atoms with Gasteiger partial charge in [-0.2, -0.15) is 0 Å². The lowest BCUT2D eigenvalue weighted by Gasteiger charge is -2.08. The molecule has 0 unspecified atom stereocenters. The van der Waals surface area contributed by atoms with Crippen LogP contribution in [0.4, 0.5) is 11.4 Å². The molecule has 0 heterocycles. The molecule has 3 N–H and O–H groups in total. The quantitative estimate of drug-likeness (QED) is 0.718. The molecule has 17 heavy (non-hydrogen) atoms. The van der Waals surface area contributed by atoms with Crippen molar-refractivity contribution in [3.8, 4) is 0 Å². The number of benzene rings is 1. The molecule has 2 amide bonds. The van der Waals surface area contributed by atoms with Crippen LogP contribution in [0.2, 0.25) is 0 Å². The zero-order valence-corrected chi connectivity index (χ0v) is 10.0. The van der Waals surface area contributed by atoms with Crippen molar-refractivity contribution in [3.05, 3.63) is 24.3 Å². The van der Waals surface area contributed by atoms with Gasteiger partial charge in [-0.1, -0.05) is 6.07 Å². The molecular formula is C12H17N3O2. The van der Waals surface area contributed by atoms with Crippen molar-refractivity contribution in [1.29, 1.82) is 0 Å². The largest absolute Gasteiger partial charge is 0.384 e. The summed E-state index contributed by atoms with van der Waals surface area (Å²) in [5, 5.41) is 8.36. The van der Waals surface area contributed by atoms with E-state index in [-0.39, 0.29) is 11.8 Å². The van der Waals surface area contributed by atoms with Crippen LogP contribution in [-0.2, 0) is 9.59 Å². The van der Waals surface area contributed by atoms with Crippen molar-refractivity contribution in [2.24, 2.45) is 0 Å². The summed E-state index contributed by atoms with van der Waals surface area (Å²) < 4.78 is 0. The molecule has 5 nitrogen and oxygen atoms in total. The van der Waals surface area contributed by atoms with E-state index in [1.54, 1.807) is 7.05 Å². The van der Waals surface area contributed by atoms with E-state index in [4.69, 9.17) is 0 Å². The highest BCUT2D eigenvalue weighted by Crippen LogP contribution is 2.14. The van der Waals surface area contributed by atoms with Crippen LogP contribution in [-0.4, -0.2) is 25.4 Å². The fourth-order valence-corrected chi connectivity index (χ4v) is 1.36. The number of carbonyl (C=O) groups is 2. The predicted molar refractivity (Wildman–Crippen MR) is 67.9 cm³/mol. The first-order valence-electron chi connectivity index (χ1n) is 5.44. The van der Waals surface area contributed by atoms with Crippen molar-refractivity contribution in [2.45, 2.75) is 13.3 Å². The number of rotatable bonds is 5. The van der Waals surface area contributed by atoms with E-state index in [1.807, 2.05) is 24.3 Å². The maximum absolute atomic E-state index is 11.0. The van der Waals surface area contributed by atoms with E-state index in [0.29, 0.717) is 13.0 Å². The Morgan fingerprint density at radius 1 is 1.24 bits per heavy atom. The van der Waals surface area contributed by atoms with Crippen LogP contribution in [0.3, 0.4) is 0 Å². The van der Waals surface area contributed by atoms with Gasteiger partial charge >= 0.3 is 0 Å². The molecule has 0 aliphatic heterocycles. The zero-order chi connectivity index (χ0) is 12.7. The molecule has 0 aromatic heterocycles. The van der Waals surface area contributed by atoms with Gasteiger partial charge in [0.05, 0.1) is 0 Å². The smallest absolute Gasteiger partial charge is 0.221 e. The topological polar surface area (TPSA) is 70.2 Å². The van der Waals surface area contributed by atoms with E-state index >= 15 is 0 Å². The van der Waals surface area contributed by atoms with Crippen LogP contribution in [0.5, 0.6) is 0 Å². The standard InChI is InChI=1S/C12H17N3O2/c1-9(16)15-11-5-3-4-10(8-11)14-7-6-12(17)13-2/h3-5,8,14H,6-7H2,1-2H3,(H,13,17)(H,15,16). The average molecular weight is 235 g/mol. The number of hydrogen-bond acceptors (Lipinski definition) is 3. The molecule has 0 fully saturated rings. The maximum atomic E-state index is 11.0. The zero-order valence-electron chi connectivity index (χ0n) is 10.0. The molecule has 0 saturated heterocycles. The maximum Gasteiger partial charge on any atom is 0.221 e. The molecule has 0 spiro atoms. The minimum atomic E-state index is -0.104. The van der Waals surface area contributed by atoms with Gasteiger partial charge in [0.2, 0.25) is 11.8 Å². The Kier molecular flexibility index (Phi) is 5.00. The van der Waals surface area contributed by atoms with E-state index in [0.717, 1.165) is 11.4 Å². The van der Waals surface area contributed by atoms with Crippen LogP contribution < -0.4 is 16.0 Å². The highest BCUT2D eigenvalue weighted by atomic mass is 16.2. The number of nitrogens with one attached hydrogen (secondary N) is 3. The minimum absolute atomic E-state index is 0.00415. The van der Waals surface area contributed by atoms with Crippen molar-refractivity contribution >= 4 is 23.2 Å². The number of amides is 2. The average Bonchev–Trinajstić information content (AvgIpc) is 2.28. The van der Waals surface area contributed by atoms with E-state index in [9.17, 15) is 9.59 Å². The first-order valence-corrected chi connectivity index (χ1v) is 5.44. The lowest BCUT2D eigenvalue weighted by Crippen LogP contribution is -2.20. The fraction of sp³-hybridized carbons (Fsp3) is 0.333. The van der Waals surface area contributed by atoms with Crippen LogP contribution in [0.1, 0.15) is 13.3 Å². The third-order valence-electron chi connectivity index (χ3n) is 2.14. The van der Waals surface area contributed by atoms with Crippen molar-refractivity contribution in [3.63, 3.8) is 0 Å². The van der Waals surface area contributed by atoms with Crippen LogP contribution >= 0.6 is 0 Å². The second-order valence-corrected chi connectivity index (χ2v) is 3.61. The third-order valence-corrected chi connectivity index (χ3v) is 2.14. The summed E-state index contributed by atoms with van der Waals surface area (Å²) in [6, 6.07) is 7.36. The summed E-state index contributed by atoms with van der Waals surface area (Å²) in [4.78, 5) is 21.9. The number of carbonyl (C=O) groups excluding carboxylic acids is 2. The summed E-state index contributed by atoms with van der Waals surface area (Å²) in [6.07, 6.45) is 0.418. The summed E-state index contributed by atoms with van der Waals surface area (Å²) in [6.45, 7) is 2.02. The van der Waals surface area contributed by atoms with Gasteiger partial charge in [-0.3, -0.25) is 9.59 Å². The van der Waals surface area contributed by atoms with Crippen molar-refractivity contribution < 1.29 is 9.59 Å². The van der Waals surface area contributed by atoms with Crippen LogP contribution in [0, 0.1) is 0 Å². The van der Waals surface area contributed by atoms with Gasteiger partial charge in [0.25, 0.3) is 0 Å². The molecule has 1 aromatic carbocycles. The highest BCUT2D eigenvalue weighted by molar-refractivity contribution is 5.89. The molecule has 0 saturated carbocycles. The van der Waals surface area contributed by atoms with Gasteiger partial charge in [-0.05, 0) is 18.2 Å². The number of anilines is 2. The Bertz CT molecular complexity index is 404. The Balaban J connectivity index is 2.48. The Morgan fingerprint density at radius 2 is 1.94 bits per heavy atom. The normalized spacial score (nSPS) is 9.53. The van der Waals surface area contributed by atoms with Gasteiger partial charge in [-0.15, -0.1) is 0 Å². The monoisotopic (exact) mass is 235 g/mol. The lowest BCUT2D eigenvalue weighted by molar-refractivity contribution is -0.120. The third kappa shape index (κ3) is 5.01. The van der Waals surface area contributed by atoms with Crippen LogP contribution in [0.15, 0.2) is 24.3 Å². The summed E-state index contributed by atoms with van der Waals surface area (Å²) in [5.41, 5.74) is 1.61. The molecule has 92 valence electrons. The predicted octanol–water partition coefficient (Wildman–Crippen LogP) is 1.19. The summed E-state index contributed by atoms with van der Waals surface area (Å²) >= 11 is 0. The van der Waals surface area contributed by atoms with E-state index in [2.05, 4.69) is 16.0 Å². The molecular weight excluding hydrogens is 218 g/mol. The molecule has 0 bridgehead atoms. The molecule has 5 heteroatoms. The Labute approximate surface area is 101 Å². The van der Waals surface area contributed by atoms with Gasteiger partial charge in [-0.25, -0.2) is 0 Å². The number of hydrogen-bond donors (Lipinski definition) is 3. The molecule has 1 aromatic rings. The molecule has 0 radical (unpaired) electrons. The lowest BCUT2D eigenvalue weighted by atomic mass is 10.2. The second-order valence-electron chi connectivity index (χ2n) is 3.61. The summed E-state index contributed by atoms with van der Waals surface area (Å²) in [5.74, 6) is -0.108. The van der Waals surface area contributed by atoms with Crippen LogP contribution in [0.25, 0.3) is 0 Å². The SMILES string of the molecule is CNC(=O)CCNc1cccc(NC(C)=O)c1. The Hall–Kier alpha value is -2.04. The minimum Gasteiger partial charge on any atom is -0.384 e. The Morgan fingerprint density at radius 3 is 2.59 bits per heavy atom. The van der Waals surface area contributed by atoms with Gasteiger partial charge < -0.3 is 16.0 Å². The molecule has 0 aliphatic carbocycles. The first kappa shape index (κ1) is 13.0. The van der Waals surface area contributed by atoms with Crippen molar-refractivity contribution in [1.82, 2.24) is 5.32 Å². The van der Waals surface area contributed by atoms with E-state index < -0.39 is 0 Å². The fourth-order valence-electron chi connectivity index (χ4n) is 1.36. The first-order chi connectivity index (χ1) is 8.11. The van der Waals surface area contributed by atoms with Gasteiger partial charge in [0.15, 0.2) is 0 Å². The summed E-state index contributed by atoms with van der Waals surface area (Å²) in [7, 11) is 1.61. The molecule has 1 rings (SSSR count). The molecule has 0 atom stereocenters. The highest BCUT2D eigenvalue weighted by Gasteiger charge is 1.99. The van der Waals surface area contributed by atoms with E-state index in [1.165, 1.54) is 6.92 Å². The van der Waals surface area contributed by atoms with Crippen molar-refractivity contribution in [2.75, 3.05) is 24.2 Å². The van der Waals surface area contributed by atoms with Gasteiger partial charge in [0.1, 0.15) is 0 Å². The molecule has 0 aliphatic rings. The van der Waals surface area contributed by atoms with Gasteiger partial charge in [0, 0.05) is 38.3 Å².